The Morgan fingerprint density at radius 3 is 1.80 bits per heavy atom. The molecule has 0 unspecified atom stereocenters. The lowest BCUT2D eigenvalue weighted by molar-refractivity contribution is -0.141. The van der Waals surface area contributed by atoms with Crippen LogP contribution in [0.3, 0.4) is 0 Å². The minimum Gasteiger partial charge on any atom is -0.481 e. The van der Waals surface area contributed by atoms with Crippen LogP contribution in [0.25, 0.3) is 0 Å². The van der Waals surface area contributed by atoms with Crippen LogP contribution >= 0.6 is 0 Å². The maximum atomic E-state index is 10.6. The smallest absolute Gasteiger partial charge is 0.303 e. The molecule has 0 radical (unpaired) electrons. The summed E-state index contributed by atoms with van der Waals surface area (Å²) in [6, 6.07) is 0. The molecule has 5 heteroatoms. The highest BCUT2D eigenvalue weighted by atomic mass is 16.6. The number of unbranched alkanes of at least 4 members (excludes halogenated alkanes) is 9. The van der Waals surface area contributed by atoms with E-state index < -0.39 is 5.97 Å². The second kappa shape index (κ2) is 14.1. The van der Waals surface area contributed by atoms with Gasteiger partial charge in [-0.1, -0.05) is 57.8 Å². The third-order valence-electron chi connectivity index (χ3n) is 4.76. The van der Waals surface area contributed by atoms with Crippen molar-refractivity contribution in [3.63, 3.8) is 0 Å². The molecule has 0 bridgehead atoms. The van der Waals surface area contributed by atoms with E-state index in [1.165, 1.54) is 58.3 Å². The molecule has 0 spiro atoms. The quantitative estimate of drug-likeness (QED) is 0.229. The Kier molecular flexibility index (Phi) is 12.4. The van der Waals surface area contributed by atoms with Crippen LogP contribution in [0.15, 0.2) is 0 Å². The number of rotatable bonds is 17. The van der Waals surface area contributed by atoms with Crippen molar-refractivity contribution in [2.45, 2.75) is 109 Å². The van der Waals surface area contributed by atoms with Crippen LogP contribution in [0.5, 0.6) is 0 Å². The molecule has 5 nitrogen and oxygen atoms in total. The van der Waals surface area contributed by atoms with Crippen molar-refractivity contribution < 1.29 is 24.2 Å². The van der Waals surface area contributed by atoms with Crippen molar-refractivity contribution in [3.05, 3.63) is 0 Å². The Morgan fingerprint density at radius 1 is 0.800 bits per heavy atom. The van der Waals surface area contributed by atoms with Crippen molar-refractivity contribution in [1.29, 1.82) is 0 Å². The first-order chi connectivity index (χ1) is 12.1. The molecule has 1 fully saturated rings. The van der Waals surface area contributed by atoms with E-state index in [0.29, 0.717) is 25.2 Å². The van der Waals surface area contributed by atoms with Gasteiger partial charge in [0.2, 0.25) is 0 Å². The van der Waals surface area contributed by atoms with Gasteiger partial charge in [-0.2, -0.15) is 0 Å². The SMILES string of the molecule is CC(=O)OCCCCCCCC[C@H]1O[C@H]1CCCCCCCC(=O)O. The average Bonchev–Trinajstić information content (AvgIpc) is 3.30. The van der Waals surface area contributed by atoms with Crippen LogP contribution in [-0.4, -0.2) is 35.9 Å². The fourth-order valence-corrected chi connectivity index (χ4v) is 3.21. The van der Waals surface area contributed by atoms with E-state index in [0.717, 1.165) is 32.1 Å². The first kappa shape index (κ1) is 21.9. The normalized spacial score (nSPS) is 18.9. The van der Waals surface area contributed by atoms with Crippen LogP contribution in [-0.2, 0) is 19.1 Å². The third-order valence-corrected chi connectivity index (χ3v) is 4.76. The van der Waals surface area contributed by atoms with Crippen molar-refractivity contribution in [1.82, 2.24) is 0 Å². The zero-order chi connectivity index (χ0) is 18.3. The maximum Gasteiger partial charge on any atom is 0.303 e. The van der Waals surface area contributed by atoms with E-state index in [1.807, 2.05) is 0 Å². The summed E-state index contributed by atoms with van der Waals surface area (Å²) in [6.45, 7) is 2.02. The van der Waals surface area contributed by atoms with E-state index in [1.54, 1.807) is 0 Å². The van der Waals surface area contributed by atoms with Gasteiger partial charge in [-0.3, -0.25) is 9.59 Å². The zero-order valence-corrected chi connectivity index (χ0v) is 15.8. The number of epoxide rings is 1. The molecular formula is C20H36O5. The first-order valence-electron chi connectivity index (χ1n) is 10.1. The highest BCUT2D eigenvalue weighted by Crippen LogP contribution is 2.31. The predicted octanol–water partition coefficient (Wildman–Crippen LogP) is 4.86. The Hall–Kier alpha value is -1.10. The monoisotopic (exact) mass is 356 g/mol. The summed E-state index contributed by atoms with van der Waals surface area (Å²) < 4.78 is 10.6. The summed E-state index contributed by atoms with van der Waals surface area (Å²) >= 11 is 0. The molecule has 0 amide bonds. The van der Waals surface area contributed by atoms with Gasteiger partial charge in [-0.15, -0.1) is 0 Å². The molecule has 1 rings (SSSR count). The fourth-order valence-electron chi connectivity index (χ4n) is 3.21. The second-order valence-corrected chi connectivity index (χ2v) is 7.16. The molecule has 0 aromatic heterocycles. The molecule has 1 aliphatic rings. The van der Waals surface area contributed by atoms with E-state index >= 15 is 0 Å². The van der Waals surface area contributed by atoms with Crippen molar-refractivity contribution in [2.75, 3.05) is 6.61 Å². The highest BCUT2D eigenvalue weighted by molar-refractivity contribution is 5.66. The Bertz CT molecular complexity index is 369. The van der Waals surface area contributed by atoms with Crippen LogP contribution in [0.1, 0.15) is 96.8 Å². The van der Waals surface area contributed by atoms with Crippen molar-refractivity contribution in [3.8, 4) is 0 Å². The topological polar surface area (TPSA) is 76.1 Å². The van der Waals surface area contributed by atoms with Crippen molar-refractivity contribution >= 4 is 11.9 Å². The summed E-state index contributed by atoms with van der Waals surface area (Å²) in [5.74, 6) is -0.867. The molecule has 146 valence electrons. The number of hydrogen-bond donors (Lipinski definition) is 1. The van der Waals surface area contributed by atoms with Gasteiger partial charge in [0.1, 0.15) is 0 Å². The van der Waals surface area contributed by atoms with Crippen LogP contribution in [0.4, 0.5) is 0 Å². The van der Waals surface area contributed by atoms with Gasteiger partial charge in [0, 0.05) is 13.3 Å². The second-order valence-electron chi connectivity index (χ2n) is 7.16. The van der Waals surface area contributed by atoms with E-state index in [-0.39, 0.29) is 5.97 Å². The number of esters is 1. The van der Waals surface area contributed by atoms with Gasteiger partial charge >= 0.3 is 11.9 Å². The fraction of sp³-hybridized carbons (Fsp3) is 0.900. The first-order valence-corrected chi connectivity index (χ1v) is 10.1. The Balaban J connectivity index is 1.75. The molecular weight excluding hydrogens is 320 g/mol. The summed E-state index contributed by atoms with van der Waals surface area (Å²) in [6.07, 6.45) is 16.1. The van der Waals surface area contributed by atoms with Crippen LogP contribution in [0, 0.1) is 0 Å². The molecule has 1 heterocycles. The van der Waals surface area contributed by atoms with E-state index in [2.05, 4.69) is 0 Å². The summed E-state index contributed by atoms with van der Waals surface area (Å²) in [5.41, 5.74) is 0. The lowest BCUT2D eigenvalue weighted by atomic mass is 10.0. The predicted molar refractivity (Wildman–Crippen MR) is 97.6 cm³/mol. The van der Waals surface area contributed by atoms with Gasteiger partial charge < -0.3 is 14.6 Å². The molecule has 0 saturated carbocycles. The summed E-state index contributed by atoms with van der Waals surface area (Å²) in [7, 11) is 0. The summed E-state index contributed by atoms with van der Waals surface area (Å²) in [4.78, 5) is 21.0. The van der Waals surface area contributed by atoms with Crippen LogP contribution < -0.4 is 0 Å². The van der Waals surface area contributed by atoms with Gasteiger partial charge in [-0.05, 0) is 25.7 Å². The highest BCUT2D eigenvalue weighted by Gasteiger charge is 2.36. The standard InChI is InChI=1S/C20H36O5/c1-17(21)24-16-12-8-3-2-5-9-13-18-19(25-18)14-10-6-4-7-11-15-20(22)23/h18-19H,2-16H2,1H3,(H,22,23)/t18-,19+/m1/s1. The van der Waals surface area contributed by atoms with Gasteiger partial charge in [0.25, 0.3) is 0 Å². The van der Waals surface area contributed by atoms with E-state index in [9.17, 15) is 9.59 Å². The molecule has 1 aliphatic heterocycles. The Morgan fingerprint density at radius 2 is 1.28 bits per heavy atom. The summed E-state index contributed by atoms with van der Waals surface area (Å²) in [5, 5.41) is 8.56. The maximum absolute atomic E-state index is 10.6. The number of aliphatic carboxylic acids is 1. The van der Waals surface area contributed by atoms with Gasteiger partial charge in [0.05, 0.1) is 18.8 Å². The molecule has 0 aromatic carbocycles. The number of carboxylic acid groups (broad SMARTS) is 1. The number of ether oxygens (including phenoxy) is 2. The number of hydrogen-bond acceptors (Lipinski definition) is 4. The molecule has 1 N–H and O–H groups in total. The van der Waals surface area contributed by atoms with Crippen molar-refractivity contribution in [2.24, 2.45) is 0 Å². The number of carbonyl (C=O) groups is 2. The minimum atomic E-state index is -0.684. The minimum absolute atomic E-state index is 0.183. The Labute approximate surface area is 152 Å². The molecule has 25 heavy (non-hydrogen) atoms. The third kappa shape index (κ3) is 13.8. The van der Waals surface area contributed by atoms with Gasteiger partial charge in [0.15, 0.2) is 0 Å². The molecule has 0 aromatic rings. The molecule has 1 saturated heterocycles. The van der Waals surface area contributed by atoms with E-state index in [4.69, 9.17) is 14.6 Å². The molecule has 2 atom stereocenters. The number of carbonyl (C=O) groups excluding carboxylic acids is 1. The largest absolute Gasteiger partial charge is 0.481 e. The lowest BCUT2D eigenvalue weighted by Gasteiger charge is -2.02. The van der Waals surface area contributed by atoms with Gasteiger partial charge in [-0.25, -0.2) is 0 Å². The average molecular weight is 357 g/mol. The lowest BCUT2D eigenvalue weighted by Crippen LogP contribution is -2.00. The number of carboxylic acids is 1. The van der Waals surface area contributed by atoms with Crippen LogP contribution in [0.2, 0.25) is 0 Å². The molecule has 0 aliphatic carbocycles. The zero-order valence-electron chi connectivity index (χ0n) is 15.8.